The van der Waals surface area contributed by atoms with Crippen molar-refractivity contribution in [3.8, 4) is 6.07 Å². The summed E-state index contributed by atoms with van der Waals surface area (Å²) in [6.45, 7) is 3.11. The van der Waals surface area contributed by atoms with Crippen molar-refractivity contribution < 1.29 is 9.59 Å². The van der Waals surface area contributed by atoms with Crippen LogP contribution < -0.4 is 5.32 Å². The first kappa shape index (κ1) is 25.0. The minimum Gasteiger partial charge on any atom is -0.350 e. The first-order valence-electron chi connectivity index (χ1n) is 13.2. The van der Waals surface area contributed by atoms with Gasteiger partial charge in [-0.05, 0) is 54.4 Å². The Kier molecular flexibility index (Phi) is 8.58. The normalized spacial score (nSPS) is 21.3. The zero-order valence-corrected chi connectivity index (χ0v) is 20.8. The average molecular weight is 472 g/mol. The van der Waals surface area contributed by atoms with E-state index in [2.05, 4.69) is 23.5 Å². The Balaban J connectivity index is 1.41. The molecule has 0 radical (unpaired) electrons. The minimum absolute atomic E-state index is 0.0590. The number of nitrogens with zero attached hydrogens (tertiary/aromatic N) is 2. The Morgan fingerprint density at radius 1 is 1.00 bits per heavy atom. The van der Waals surface area contributed by atoms with Crippen LogP contribution in [0.3, 0.4) is 0 Å². The summed E-state index contributed by atoms with van der Waals surface area (Å²) in [7, 11) is 0. The number of likely N-dealkylation sites (tertiary alicyclic amines) is 1. The number of hydrogen-bond donors (Lipinski definition) is 1. The second-order valence-electron chi connectivity index (χ2n) is 10.4. The highest BCUT2D eigenvalue weighted by molar-refractivity contribution is 5.89. The van der Waals surface area contributed by atoms with Gasteiger partial charge in [-0.1, -0.05) is 81.5 Å². The lowest BCUT2D eigenvalue weighted by Crippen LogP contribution is -2.47. The number of benzene rings is 2. The molecule has 0 bridgehead atoms. The predicted molar refractivity (Wildman–Crippen MR) is 137 cm³/mol. The standard InChI is InChI=1S/C30H37N3O2/c1-22(12-13-23-8-4-2-5-9-23)30(35)33-21-27(26-10-6-3-7-11-26)18-28(33)29(34)32-20-25-16-14-24(19-31)15-17-25/h2,4-5,8-9,14-17,22,26-28H,3,6-7,10-13,18,20-21H2,1H3,(H,32,34)/t22-,27+,28+/m1/s1. The highest BCUT2D eigenvalue weighted by atomic mass is 16.2. The van der Waals surface area contributed by atoms with Gasteiger partial charge in [0, 0.05) is 19.0 Å². The molecule has 2 fully saturated rings. The molecule has 5 nitrogen and oxygen atoms in total. The van der Waals surface area contributed by atoms with Crippen LogP contribution in [0.15, 0.2) is 54.6 Å². The van der Waals surface area contributed by atoms with Gasteiger partial charge in [0.15, 0.2) is 0 Å². The molecule has 2 amide bonds. The number of nitriles is 1. The molecule has 2 aromatic rings. The molecule has 0 spiro atoms. The van der Waals surface area contributed by atoms with Crippen LogP contribution in [0.4, 0.5) is 0 Å². The van der Waals surface area contributed by atoms with E-state index in [1.165, 1.54) is 37.7 Å². The molecule has 35 heavy (non-hydrogen) atoms. The highest BCUT2D eigenvalue weighted by Gasteiger charge is 2.43. The Hall–Kier alpha value is -3.13. The van der Waals surface area contributed by atoms with Crippen LogP contribution >= 0.6 is 0 Å². The third-order valence-electron chi connectivity index (χ3n) is 7.92. The Labute approximate surface area is 209 Å². The van der Waals surface area contributed by atoms with Crippen molar-refractivity contribution in [1.29, 1.82) is 5.26 Å². The van der Waals surface area contributed by atoms with Crippen LogP contribution in [0, 0.1) is 29.1 Å². The fraction of sp³-hybridized carbons (Fsp3) is 0.500. The summed E-state index contributed by atoms with van der Waals surface area (Å²) in [6, 6.07) is 19.3. The molecule has 4 rings (SSSR count). The zero-order chi connectivity index (χ0) is 24.6. The third kappa shape index (κ3) is 6.51. The summed E-state index contributed by atoms with van der Waals surface area (Å²) in [5, 5.41) is 12.1. The van der Waals surface area contributed by atoms with Gasteiger partial charge in [-0.2, -0.15) is 5.26 Å². The summed E-state index contributed by atoms with van der Waals surface area (Å²) in [5.74, 6) is 0.962. The number of carbonyl (C=O) groups excluding carboxylic acids is 2. The number of carbonyl (C=O) groups is 2. The third-order valence-corrected chi connectivity index (χ3v) is 7.92. The molecule has 3 atom stereocenters. The van der Waals surface area contributed by atoms with E-state index in [9.17, 15) is 9.59 Å². The SMILES string of the molecule is C[C@H](CCc1ccccc1)C(=O)N1C[C@@H](C2CCCCC2)C[C@H]1C(=O)NCc1ccc(C#N)cc1. The van der Waals surface area contributed by atoms with Crippen molar-refractivity contribution in [2.75, 3.05) is 6.54 Å². The highest BCUT2D eigenvalue weighted by Crippen LogP contribution is 2.38. The van der Waals surface area contributed by atoms with Crippen LogP contribution in [0.1, 0.15) is 68.6 Å². The molecule has 0 aromatic heterocycles. The predicted octanol–water partition coefficient (Wildman–Crippen LogP) is 5.24. The van der Waals surface area contributed by atoms with Crippen LogP contribution in [0.2, 0.25) is 0 Å². The number of aryl methyl sites for hydroxylation is 1. The van der Waals surface area contributed by atoms with Gasteiger partial charge >= 0.3 is 0 Å². The first-order chi connectivity index (χ1) is 17.0. The molecule has 1 heterocycles. The van der Waals surface area contributed by atoms with E-state index in [1.54, 1.807) is 12.1 Å². The van der Waals surface area contributed by atoms with Gasteiger partial charge < -0.3 is 10.2 Å². The van der Waals surface area contributed by atoms with E-state index < -0.39 is 6.04 Å². The number of amides is 2. The summed E-state index contributed by atoms with van der Waals surface area (Å²) in [6.07, 6.45) is 8.68. The van der Waals surface area contributed by atoms with Crippen molar-refractivity contribution in [3.63, 3.8) is 0 Å². The number of hydrogen-bond acceptors (Lipinski definition) is 3. The van der Waals surface area contributed by atoms with Gasteiger partial charge in [-0.25, -0.2) is 0 Å². The van der Waals surface area contributed by atoms with Crippen molar-refractivity contribution in [3.05, 3.63) is 71.3 Å². The molecule has 2 aliphatic rings. The molecule has 1 N–H and O–H groups in total. The Morgan fingerprint density at radius 3 is 2.40 bits per heavy atom. The molecular formula is C30H37N3O2. The van der Waals surface area contributed by atoms with Gasteiger partial charge in [0.25, 0.3) is 0 Å². The molecule has 184 valence electrons. The quantitative estimate of drug-likeness (QED) is 0.572. The van der Waals surface area contributed by atoms with E-state index in [0.717, 1.165) is 24.8 Å². The molecule has 2 aromatic carbocycles. The molecule has 1 aliphatic heterocycles. The van der Waals surface area contributed by atoms with E-state index in [0.29, 0.717) is 30.5 Å². The topological polar surface area (TPSA) is 73.2 Å². The maximum Gasteiger partial charge on any atom is 0.243 e. The molecule has 1 saturated carbocycles. The van der Waals surface area contributed by atoms with Crippen molar-refractivity contribution >= 4 is 11.8 Å². The molecule has 1 saturated heterocycles. The van der Waals surface area contributed by atoms with Gasteiger partial charge in [0.1, 0.15) is 6.04 Å². The number of nitrogens with one attached hydrogen (secondary N) is 1. The van der Waals surface area contributed by atoms with E-state index in [1.807, 2.05) is 42.2 Å². The van der Waals surface area contributed by atoms with E-state index >= 15 is 0 Å². The second-order valence-corrected chi connectivity index (χ2v) is 10.4. The smallest absolute Gasteiger partial charge is 0.243 e. The summed E-state index contributed by atoms with van der Waals surface area (Å²) < 4.78 is 0. The van der Waals surface area contributed by atoms with Gasteiger partial charge in [0.05, 0.1) is 11.6 Å². The fourth-order valence-electron chi connectivity index (χ4n) is 5.75. The molecule has 0 unspecified atom stereocenters. The summed E-state index contributed by atoms with van der Waals surface area (Å²) in [4.78, 5) is 28.8. The monoisotopic (exact) mass is 471 g/mol. The van der Waals surface area contributed by atoms with Crippen LogP contribution in [-0.2, 0) is 22.6 Å². The number of rotatable bonds is 8. The van der Waals surface area contributed by atoms with Crippen LogP contribution in [0.25, 0.3) is 0 Å². The molecule has 1 aliphatic carbocycles. The van der Waals surface area contributed by atoms with Crippen molar-refractivity contribution in [1.82, 2.24) is 10.2 Å². The van der Waals surface area contributed by atoms with Gasteiger partial charge in [0.2, 0.25) is 11.8 Å². The Morgan fingerprint density at radius 2 is 1.71 bits per heavy atom. The Bertz CT molecular complexity index is 1020. The lowest BCUT2D eigenvalue weighted by molar-refractivity contribution is -0.141. The summed E-state index contributed by atoms with van der Waals surface area (Å²) in [5.41, 5.74) is 2.80. The summed E-state index contributed by atoms with van der Waals surface area (Å²) >= 11 is 0. The van der Waals surface area contributed by atoms with E-state index in [4.69, 9.17) is 5.26 Å². The van der Waals surface area contributed by atoms with Crippen LogP contribution in [0.5, 0.6) is 0 Å². The molecule has 5 heteroatoms. The van der Waals surface area contributed by atoms with E-state index in [-0.39, 0.29) is 17.7 Å². The molecular weight excluding hydrogens is 434 g/mol. The lowest BCUT2D eigenvalue weighted by Gasteiger charge is -2.28. The minimum atomic E-state index is -0.396. The second kappa shape index (κ2) is 12.0. The first-order valence-corrected chi connectivity index (χ1v) is 13.2. The fourth-order valence-corrected chi connectivity index (χ4v) is 5.75. The largest absolute Gasteiger partial charge is 0.350 e. The average Bonchev–Trinajstić information content (AvgIpc) is 3.37. The lowest BCUT2D eigenvalue weighted by atomic mass is 9.79. The van der Waals surface area contributed by atoms with Crippen molar-refractivity contribution in [2.45, 2.75) is 70.9 Å². The van der Waals surface area contributed by atoms with Crippen molar-refractivity contribution in [2.24, 2.45) is 17.8 Å². The zero-order valence-electron chi connectivity index (χ0n) is 20.8. The maximum atomic E-state index is 13.6. The maximum absolute atomic E-state index is 13.6. The van der Waals surface area contributed by atoms with Crippen LogP contribution in [-0.4, -0.2) is 29.3 Å². The van der Waals surface area contributed by atoms with Gasteiger partial charge in [-0.15, -0.1) is 0 Å². The van der Waals surface area contributed by atoms with Gasteiger partial charge in [-0.3, -0.25) is 9.59 Å².